The molecular formula is C17H14F3N5O. The molecule has 0 radical (unpaired) electrons. The third kappa shape index (κ3) is 2.43. The Morgan fingerprint density at radius 3 is 2.85 bits per heavy atom. The minimum atomic E-state index is -4.82. The zero-order valence-electron chi connectivity index (χ0n) is 13.4. The van der Waals surface area contributed by atoms with E-state index in [1.165, 1.54) is 0 Å². The van der Waals surface area contributed by atoms with Crippen molar-refractivity contribution in [3.8, 4) is 0 Å². The van der Waals surface area contributed by atoms with Gasteiger partial charge in [0.05, 0.1) is 36.1 Å². The number of nitrogens with two attached hydrogens (primary N) is 1. The first kappa shape index (κ1) is 16.5. The first-order valence-corrected chi connectivity index (χ1v) is 7.85. The van der Waals surface area contributed by atoms with E-state index in [1.807, 2.05) is 0 Å². The summed E-state index contributed by atoms with van der Waals surface area (Å²) in [5.41, 5.74) is 6.26. The molecule has 0 aliphatic carbocycles. The van der Waals surface area contributed by atoms with Crippen LogP contribution in [0.5, 0.6) is 0 Å². The van der Waals surface area contributed by atoms with Gasteiger partial charge in [0.15, 0.2) is 0 Å². The molecule has 2 aromatic heterocycles. The second kappa shape index (κ2) is 5.80. The number of alkyl halides is 3. The van der Waals surface area contributed by atoms with Gasteiger partial charge in [-0.2, -0.15) is 18.3 Å². The van der Waals surface area contributed by atoms with Crippen LogP contribution in [0.15, 0.2) is 24.5 Å². The molecule has 26 heavy (non-hydrogen) atoms. The summed E-state index contributed by atoms with van der Waals surface area (Å²) < 4.78 is 44.7. The molecule has 0 atom stereocenters. The van der Waals surface area contributed by atoms with Gasteiger partial charge in [0.2, 0.25) is 0 Å². The number of rotatable bonds is 2. The van der Waals surface area contributed by atoms with Gasteiger partial charge in [-0.15, -0.1) is 0 Å². The Morgan fingerprint density at radius 1 is 1.31 bits per heavy atom. The molecule has 6 nitrogen and oxygen atoms in total. The highest BCUT2D eigenvalue weighted by molar-refractivity contribution is 6.25. The van der Waals surface area contributed by atoms with E-state index in [2.05, 4.69) is 15.2 Å². The number of hydrogen-bond donors (Lipinski definition) is 3. The summed E-state index contributed by atoms with van der Waals surface area (Å²) in [5.74, 6) is 0. The summed E-state index contributed by atoms with van der Waals surface area (Å²) in [6, 6.07) is 3.49. The van der Waals surface area contributed by atoms with Crippen LogP contribution < -0.4 is 5.73 Å². The van der Waals surface area contributed by atoms with Crippen molar-refractivity contribution in [2.24, 2.45) is 5.73 Å². The summed E-state index contributed by atoms with van der Waals surface area (Å²) in [6.07, 6.45) is -1.83. The van der Waals surface area contributed by atoms with E-state index in [0.29, 0.717) is 24.1 Å². The molecule has 9 heteroatoms. The zero-order chi connectivity index (χ0) is 18.5. The number of allylic oxidation sites excluding steroid dienone is 1. The minimum absolute atomic E-state index is 0.0415. The smallest absolute Gasteiger partial charge is 0.404 e. The van der Waals surface area contributed by atoms with Gasteiger partial charge in [-0.3, -0.25) is 10.5 Å². The zero-order valence-corrected chi connectivity index (χ0v) is 13.4. The Kier molecular flexibility index (Phi) is 3.69. The lowest BCUT2D eigenvalue weighted by Gasteiger charge is -2.23. The van der Waals surface area contributed by atoms with Crippen molar-refractivity contribution in [2.45, 2.75) is 19.2 Å². The van der Waals surface area contributed by atoms with Gasteiger partial charge >= 0.3 is 6.18 Å². The molecule has 0 saturated carbocycles. The molecule has 0 unspecified atom stereocenters. The number of benzene rings is 1. The van der Waals surface area contributed by atoms with E-state index < -0.39 is 17.5 Å². The average Bonchev–Trinajstić information content (AvgIpc) is 3.10. The summed E-state index contributed by atoms with van der Waals surface area (Å²) in [5, 5.41) is 16.1. The average molecular weight is 361 g/mol. The monoisotopic (exact) mass is 361 g/mol. The maximum atomic E-state index is 13.1. The number of nitrogens with one attached hydrogen (secondary N) is 2. The topological polar surface area (TPSA) is 101 Å². The number of fused-ring (bicyclic) bond motifs is 5. The highest BCUT2D eigenvalue weighted by Gasteiger charge is 2.38. The Balaban J connectivity index is 2.05. The highest BCUT2D eigenvalue weighted by atomic mass is 19.4. The van der Waals surface area contributed by atoms with Crippen LogP contribution in [0.2, 0.25) is 0 Å². The number of aromatic nitrogens is 3. The van der Waals surface area contributed by atoms with Crippen molar-refractivity contribution >= 4 is 33.1 Å². The molecule has 1 aromatic carbocycles. The lowest BCUT2D eigenvalue weighted by atomic mass is 9.91. The fraction of sp³-hybridized carbons (Fsp3) is 0.235. The van der Waals surface area contributed by atoms with Gasteiger partial charge in [-0.05, 0) is 24.1 Å². The maximum absolute atomic E-state index is 13.1. The van der Waals surface area contributed by atoms with Crippen LogP contribution >= 0.6 is 0 Å². The Morgan fingerprint density at radius 2 is 2.12 bits per heavy atom. The molecule has 3 heterocycles. The van der Waals surface area contributed by atoms with Crippen LogP contribution in [0.3, 0.4) is 0 Å². The summed E-state index contributed by atoms with van der Waals surface area (Å²) in [7, 11) is 0. The predicted octanol–water partition coefficient (Wildman–Crippen LogP) is 3.07. The molecule has 4 rings (SSSR count). The third-order valence-electron chi connectivity index (χ3n) is 4.50. The van der Waals surface area contributed by atoms with Crippen molar-refractivity contribution in [3.63, 3.8) is 0 Å². The van der Waals surface area contributed by atoms with Crippen molar-refractivity contribution in [2.75, 3.05) is 6.61 Å². The van der Waals surface area contributed by atoms with Crippen LogP contribution in [0, 0.1) is 5.41 Å². The summed E-state index contributed by atoms with van der Waals surface area (Å²) >= 11 is 0. The van der Waals surface area contributed by atoms with Gasteiger partial charge in [0.25, 0.3) is 0 Å². The first-order chi connectivity index (χ1) is 12.4. The van der Waals surface area contributed by atoms with Crippen molar-refractivity contribution in [3.05, 3.63) is 41.4 Å². The van der Waals surface area contributed by atoms with Crippen LogP contribution in [0.25, 0.3) is 27.4 Å². The van der Waals surface area contributed by atoms with Gasteiger partial charge in [0, 0.05) is 28.1 Å². The third-order valence-corrected chi connectivity index (χ3v) is 4.50. The lowest BCUT2D eigenvalue weighted by Crippen LogP contribution is -2.26. The van der Waals surface area contributed by atoms with Crippen LogP contribution in [-0.4, -0.2) is 33.7 Å². The van der Waals surface area contributed by atoms with E-state index in [4.69, 9.17) is 15.9 Å². The first-order valence-electron chi connectivity index (χ1n) is 7.85. The molecular weight excluding hydrogens is 347 g/mol. The summed E-state index contributed by atoms with van der Waals surface area (Å²) in [6.45, 7) is 0.572. The normalized spacial score (nSPS) is 15.4. The number of aromatic amines is 1. The van der Waals surface area contributed by atoms with E-state index in [9.17, 15) is 13.2 Å². The van der Waals surface area contributed by atoms with Crippen LogP contribution in [0.4, 0.5) is 13.2 Å². The number of ether oxygens (including phenoxy) is 1. The number of H-pyrrole nitrogens is 1. The number of nitrogens with zero attached hydrogens (tertiary/aromatic N) is 2. The SMILES string of the molecule is N=C(/C(=C\N)c1nc2ccc3[nH]ncc3c2c2c1COCC2)C(F)(F)F. The standard InChI is InChI=1S/C17H14F3N5O/c18-17(19,20)16(22)9(5-21)15-11-7-26-4-3-8(11)14-10-6-23-25-12(10)1-2-13(14)24-15/h1-2,5-6,22H,3-4,7,21H2,(H,23,25)/b9-5-,22-16?. The molecule has 0 saturated heterocycles. The minimum Gasteiger partial charge on any atom is -0.404 e. The van der Waals surface area contributed by atoms with E-state index in [-0.39, 0.29) is 12.3 Å². The maximum Gasteiger partial charge on any atom is 0.433 e. The molecule has 134 valence electrons. The predicted molar refractivity (Wildman–Crippen MR) is 90.7 cm³/mol. The number of hydrogen-bond acceptors (Lipinski definition) is 5. The van der Waals surface area contributed by atoms with E-state index in [1.54, 1.807) is 18.3 Å². The van der Waals surface area contributed by atoms with Crippen LogP contribution in [-0.2, 0) is 17.8 Å². The van der Waals surface area contributed by atoms with Gasteiger partial charge < -0.3 is 10.5 Å². The van der Waals surface area contributed by atoms with E-state index in [0.717, 1.165) is 28.1 Å². The molecule has 0 amide bonds. The van der Waals surface area contributed by atoms with Gasteiger partial charge in [0.1, 0.15) is 5.71 Å². The van der Waals surface area contributed by atoms with Crippen LogP contribution in [0.1, 0.15) is 16.8 Å². The Bertz CT molecular complexity index is 1070. The highest BCUT2D eigenvalue weighted by Crippen LogP contribution is 2.36. The second-order valence-corrected chi connectivity index (χ2v) is 5.96. The largest absolute Gasteiger partial charge is 0.433 e. The van der Waals surface area contributed by atoms with Crippen molar-refractivity contribution in [1.82, 2.24) is 15.2 Å². The fourth-order valence-corrected chi connectivity index (χ4v) is 3.33. The molecule has 0 fully saturated rings. The molecule has 0 spiro atoms. The Labute approximate surface area is 145 Å². The number of pyridine rings is 1. The molecule has 4 N–H and O–H groups in total. The molecule has 0 bridgehead atoms. The molecule has 1 aliphatic rings. The Hall–Kier alpha value is -2.94. The lowest BCUT2D eigenvalue weighted by molar-refractivity contribution is -0.0578. The second-order valence-electron chi connectivity index (χ2n) is 5.96. The van der Waals surface area contributed by atoms with E-state index >= 15 is 0 Å². The quantitative estimate of drug-likeness (QED) is 0.611. The van der Waals surface area contributed by atoms with Gasteiger partial charge in [-0.1, -0.05) is 0 Å². The number of halogens is 3. The summed E-state index contributed by atoms with van der Waals surface area (Å²) in [4.78, 5) is 4.41. The van der Waals surface area contributed by atoms with Crippen molar-refractivity contribution < 1.29 is 17.9 Å². The molecule has 1 aliphatic heterocycles. The van der Waals surface area contributed by atoms with Gasteiger partial charge in [-0.25, -0.2) is 4.98 Å². The van der Waals surface area contributed by atoms with Crippen molar-refractivity contribution in [1.29, 1.82) is 5.41 Å². The fourth-order valence-electron chi connectivity index (χ4n) is 3.33. The molecule has 3 aromatic rings.